The molecule has 0 amide bonds. The first kappa shape index (κ1) is 20.9. The van der Waals surface area contributed by atoms with Gasteiger partial charge in [0.05, 0.1) is 12.4 Å². The molecule has 0 fully saturated rings. The number of nitrogens with two attached hydrogens (primary N) is 1. The summed E-state index contributed by atoms with van der Waals surface area (Å²) < 4.78 is 48.3. The summed E-state index contributed by atoms with van der Waals surface area (Å²) in [4.78, 5) is 12.0. The van der Waals surface area contributed by atoms with E-state index in [1.54, 1.807) is 6.07 Å². The second kappa shape index (κ2) is 6.81. The Labute approximate surface area is 175 Å². The molecule has 1 atom stereocenters. The summed E-state index contributed by atoms with van der Waals surface area (Å²) in [6, 6.07) is 8.50. The highest BCUT2D eigenvalue weighted by Gasteiger charge is 2.61. The summed E-state index contributed by atoms with van der Waals surface area (Å²) in [6.07, 6.45) is -2.14. The largest absolute Gasteiger partial charge is 0.491 e. The lowest BCUT2D eigenvalue weighted by Crippen LogP contribution is -2.41. The molecule has 7 nitrogen and oxygen atoms in total. The number of hydrogen-bond acceptors (Lipinski definition) is 6. The summed E-state index contributed by atoms with van der Waals surface area (Å²) in [7, 11) is 0. The van der Waals surface area contributed by atoms with Gasteiger partial charge in [0.25, 0.3) is 0 Å². The van der Waals surface area contributed by atoms with Crippen LogP contribution < -0.4 is 10.6 Å². The Morgan fingerprint density at radius 2 is 1.90 bits per heavy atom. The maximum absolute atomic E-state index is 14.2. The number of nitrogens with zero attached hydrogens (tertiary/aromatic N) is 3. The van der Waals surface area contributed by atoms with Gasteiger partial charge in [0.1, 0.15) is 17.9 Å². The molecule has 0 saturated heterocycles. The summed E-state index contributed by atoms with van der Waals surface area (Å²) >= 11 is 0. The van der Waals surface area contributed by atoms with Crippen molar-refractivity contribution in [3.05, 3.63) is 64.8 Å². The zero-order chi connectivity index (χ0) is 22.6. The Balaban J connectivity index is 1.99. The Bertz CT molecular complexity index is 1170. The molecule has 1 aromatic heterocycles. The number of nitroso groups, excluding NO2 is 1. The van der Waals surface area contributed by atoms with Crippen LogP contribution in [0.1, 0.15) is 25.0 Å². The minimum absolute atomic E-state index is 0.0470. The van der Waals surface area contributed by atoms with Crippen molar-refractivity contribution in [3.63, 3.8) is 0 Å². The van der Waals surface area contributed by atoms with Gasteiger partial charge in [0.15, 0.2) is 0 Å². The normalized spacial score (nSPS) is 17.9. The summed E-state index contributed by atoms with van der Waals surface area (Å²) in [5, 5.41) is 17.9. The Morgan fingerprint density at radius 3 is 2.52 bits per heavy atom. The molecule has 0 aliphatic heterocycles. The molecule has 10 heteroatoms. The zero-order valence-electron chi connectivity index (χ0n) is 16.6. The van der Waals surface area contributed by atoms with Crippen LogP contribution in [0.3, 0.4) is 0 Å². The Morgan fingerprint density at radius 1 is 1.19 bits per heavy atom. The minimum atomic E-state index is -4.99. The van der Waals surface area contributed by atoms with Crippen molar-refractivity contribution in [1.29, 1.82) is 0 Å². The summed E-state index contributed by atoms with van der Waals surface area (Å²) in [5.41, 5.74) is -3.70. The molecule has 1 aliphatic rings. The predicted octanol–water partition coefficient (Wildman–Crippen LogP) is 3.97. The molecule has 0 radical (unpaired) electrons. The fourth-order valence-electron chi connectivity index (χ4n) is 3.73. The highest BCUT2D eigenvalue weighted by atomic mass is 19.4. The van der Waals surface area contributed by atoms with Crippen LogP contribution in [0.2, 0.25) is 0 Å². The third-order valence-electron chi connectivity index (χ3n) is 5.25. The van der Waals surface area contributed by atoms with Crippen LogP contribution in [0.25, 0.3) is 22.3 Å². The number of nitrogen functional groups attached to an aromatic ring is 1. The average molecular weight is 432 g/mol. The lowest BCUT2D eigenvalue weighted by Gasteiger charge is -2.29. The molecule has 1 heterocycles. The second-order valence-electron chi connectivity index (χ2n) is 8.05. The molecular weight excluding hydrogens is 413 g/mol. The Kier molecular flexibility index (Phi) is 4.58. The number of alkyl halides is 3. The van der Waals surface area contributed by atoms with Crippen molar-refractivity contribution in [3.8, 4) is 28.0 Å². The third-order valence-corrected chi connectivity index (χ3v) is 5.25. The van der Waals surface area contributed by atoms with Crippen LogP contribution in [-0.4, -0.2) is 33.3 Å². The molecule has 0 spiro atoms. The number of aliphatic hydroxyl groups is 1. The van der Waals surface area contributed by atoms with Crippen LogP contribution in [0.15, 0.2) is 54.0 Å². The van der Waals surface area contributed by atoms with Crippen LogP contribution in [0.5, 0.6) is 5.75 Å². The van der Waals surface area contributed by atoms with E-state index in [0.29, 0.717) is 11.1 Å². The molecule has 3 aromatic rings. The minimum Gasteiger partial charge on any atom is -0.491 e. The van der Waals surface area contributed by atoms with Gasteiger partial charge in [-0.05, 0) is 42.7 Å². The van der Waals surface area contributed by atoms with E-state index in [-0.39, 0.29) is 34.6 Å². The fraction of sp³-hybridized carbons (Fsp3) is 0.286. The first-order valence-corrected chi connectivity index (χ1v) is 9.33. The molecule has 162 valence electrons. The zero-order valence-corrected chi connectivity index (χ0v) is 16.6. The number of fused-ring (bicyclic) bond motifs is 3. The van der Waals surface area contributed by atoms with E-state index >= 15 is 0 Å². The number of hydrogen-bond donors (Lipinski definition) is 2. The van der Waals surface area contributed by atoms with E-state index in [4.69, 9.17) is 10.6 Å². The van der Waals surface area contributed by atoms with Crippen molar-refractivity contribution in [2.45, 2.75) is 31.2 Å². The van der Waals surface area contributed by atoms with Crippen molar-refractivity contribution in [2.75, 3.05) is 12.4 Å². The maximum Gasteiger partial charge on any atom is 0.425 e. The van der Waals surface area contributed by atoms with E-state index in [1.165, 1.54) is 50.5 Å². The topological polar surface area (TPSA) is 103 Å². The van der Waals surface area contributed by atoms with Gasteiger partial charge in [-0.25, -0.2) is 0 Å². The van der Waals surface area contributed by atoms with Gasteiger partial charge >= 0.3 is 6.18 Å². The molecular formula is C21H19F3N4O3. The van der Waals surface area contributed by atoms with Gasteiger partial charge in [-0.1, -0.05) is 29.4 Å². The van der Waals surface area contributed by atoms with E-state index in [2.05, 4.69) is 10.3 Å². The number of aromatic nitrogens is 2. The fourth-order valence-corrected chi connectivity index (χ4v) is 3.73. The van der Waals surface area contributed by atoms with Crippen molar-refractivity contribution in [2.24, 2.45) is 5.18 Å². The first-order valence-electron chi connectivity index (χ1n) is 9.33. The monoisotopic (exact) mass is 432 g/mol. The van der Waals surface area contributed by atoms with E-state index in [0.717, 1.165) is 10.9 Å². The number of halogens is 3. The highest BCUT2D eigenvalue weighted by molar-refractivity contribution is 5.93. The molecule has 2 aromatic carbocycles. The number of rotatable bonds is 5. The van der Waals surface area contributed by atoms with E-state index in [9.17, 15) is 23.2 Å². The average Bonchev–Trinajstić information content (AvgIpc) is 3.26. The SMILES string of the molecule is CC(C)(COc1cc(-c2cnn(N)c2)c2c(c1)C(O)(C(F)(F)F)c1ccccc1-2)N=O. The molecule has 1 unspecified atom stereocenters. The van der Waals surface area contributed by atoms with Crippen molar-refractivity contribution < 1.29 is 23.0 Å². The lowest BCUT2D eigenvalue weighted by molar-refractivity contribution is -0.246. The quantitative estimate of drug-likeness (QED) is 0.469. The van der Waals surface area contributed by atoms with Gasteiger partial charge < -0.3 is 15.7 Å². The molecule has 4 rings (SSSR count). The predicted molar refractivity (Wildman–Crippen MR) is 108 cm³/mol. The van der Waals surface area contributed by atoms with Gasteiger partial charge in [0, 0.05) is 16.7 Å². The van der Waals surface area contributed by atoms with Crippen molar-refractivity contribution >= 4 is 0 Å². The summed E-state index contributed by atoms with van der Waals surface area (Å²) in [6.45, 7) is 2.91. The smallest absolute Gasteiger partial charge is 0.425 e. The highest BCUT2D eigenvalue weighted by Crippen LogP contribution is 2.58. The first-order chi connectivity index (χ1) is 14.5. The Hall–Kier alpha value is -3.40. The van der Waals surface area contributed by atoms with Gasteiger partial charge in [-0.3, -0.25) is 0 Å². The van der Waals surface area contributed by atoms with Crippen molar-refractivity contribution in [1.82, 2.24) is 9.89 Å². The molecule has 0 bridgehead atoms. The molecule has 0 saturated carbocycles. The second-order valence-corrected chi connectivity index (χ2v) is 8.05. The van der Waals surface area contributed by atoms with Crippen LogP contribution >= 0.6 is 0 Å². The lowest BCUT2D eigenvalue weighted by atomic mass is 9.89. The standard InChI is InChI=1S/C21H19F3N4O3/c1-19(2,27-30)11-31-13-7-15(12-9-26-28(25)10-12)18-14-5-3-4-6-16(14)20(29,17(18)8-13)21(22,23)24/h3-10,29H,11,25H2,1-2H3. The molecule has 31 heavy (non-hydrogen) atoms. The number of benzene rings is 2. The molecule has 3 N–H and O–H groups in total. The van der Waals surface area contributed by atoms with Crippen LogP contribution in [0.4, 0.5) is 13.2 Å². The number of ether oxygens (including phenoxy) is 1. The van der Waals surface area contributed by atoms with Crippen LogP contribution in [-0.2, 0) is 5.60 Å². The van der Waals surface area contributed by atoms with E-state index < -0.39 is 17.3 Å². The van der Waals surface area contributed by atoms with E-state index in [1.807, 2.05) is 0 Å². The van der Waals surface area contributed by atoms with Gasteiger partial charge in [0.2, 0.25) is 5.60 Å². The van der Waals surface area contributed by atoms with Crippen LogP contribution in [0, 0.1) is 4.91 Å². The van der Waals surface area contributed by atoms with Gasteiger partial charge in [-0.15, -0.1) is 0 Å². The summed E-state index contributed by atoms with van der Waals surface area (Å²) in [5.74, 6) is 5.69. The molecule has 1 aliphatic carbocycles. The third kappa shape index (κ3) is 3.23. The van der Waals surface area contributed by atoms with Gasteiger partial charge in [-0.2, -0.15) is 28.0 Å². The maximum atomic E-state index is 14.2.